The summed E-state index contributed by atoms with van der Waals surface area (Å²) in [4.78, 5) is 9.22. The number of morpholine rings is 2. The molecule has 2 saturated heterocycles. The molecule has 174 valence electrons. The summed E-state index contributed by atoms with van der Waals surface area (Å²) in [6.07, 6.45) is 0. The van der Waals surface area contributed by atoms with Crippen LogP contribution < -0.4 is 9.64 Å². The van der Waals surface area contributed by atoms with Crippen LogP contribution in [0.3, 0.4) is 0 Å². The number of azo groups is 1. The number of nitrogens with zero attached hydrogens (tertiary/aromatic N) is 6. The maximum Gasteiger partial charge on any atom is 0.179 e. The third-order valence-electron chi connectivity index (χ3n) is 5.73. The molecule has 2 aliphatic rings. The van der Waals surface area contributed by atoms with Gasteiger partial charge in [0.05, 0.1) is 26.4 Å². The Balaban J connectivity index is 1.29. The van der Waals surface area contributed by atoms with Crippen molar-refractivity contribution in [2.75, 3.05) is 70.7 Å². The van der Waals surface area contributed by atoms with Crippen molar-refractivity contribution >= 4 is 22.6 Å². The quantitative estimate of drug-likeness (QED) is 0.481. The second-order valence-corrected chi connectivity index (χ2v) is 7.95. The SMILES string of the molecule is c1ccc2c(CN=Nc3cc(OCCN4CCOCC4)cc(N4CCOCC4)n3)noc2c1. The van der Waals surface area contributed by atoms with Crippen molar-refractivity contribution < 1.29 is 18.7 Å². The van der Waals surface area contributed by atoms with E-state index in [9.17, 15) is 0 Å². The second kappa shape index (κ2) is 10.7. The number of aromatic nitrogens is 2. The molecular formula is C23H28N6O4. The minimum absolute atomic E-state index is 0.313. The summed E-state index contributed by atoms with van der Waals surface area (Å²) < 4.78 is 22.3. The minimum Gasteiger partial charge on any atom is -0.492 e. The zero-order valence-electron chi connectivity index (χ0n) is 18.6. The molecule has 10 nitrogen and oxygen atoms in total. The molecule has 2 aliphatic heterocycles. The third kappa shape index (κ3) is 5.65. The average molecular weight is 453 g/mol. The van der Waals surface area contributed by atoms with Crippen LogP contribution in [0, 0.1) is 0 Å². The number of ether oxygens (including phenoxy) is 3. The summed E-state index contributed by atoms with van der Waals surface area (Å²) in [7, 11) is 0. The van der Waals surface area contributed by atoms with Gasteiger partial charge in [-0.2, -0.15) is 5.11 Å². The number of pyridine rings is 1. The molecule has 10 heteroatoms. The molecule has 5 rings (SSSR count). The molecule has 2 fully saturated rings. The molecule has 0 unspecified atom stereocenters. The molecular weight excluding hydrogens is 424 g/mol. The topological polar surface area (TPSA) is 97.8 Å². The Morgan fingerprint density at radius 2 is 1.76 bits per heavy atom. The van der Waals surface area contributed by atoms with E-state index in [1.165, 1.54) is 0 Å². The predicted molar refractivity (Wildman–Crippen MR) is 122 cm³/mol. The van der Waals surface area contributed by atoms with Crippen LogP contribution in [0.1, 0.15) is 5.69 Å². The van der Waals surface area contributed by atoms with Gasteiger partial charge < -0.3 is 23.6 Å². The lowest BCUT2D eigenvalue weighted by molar-refractivity contribution is 0.0322. The fourth-order valence-electron chi connectivity index (χ4n) is 3.91. The molecule has 0 saturated carbocycles. The van der Waals surface area contributed by atoms with Crippen molar-refractivity contribution in [3.8, 4) is 5.75 Å². The summed E-state index contributed by atoms with van der Waals surface area (Å²) in [6, 6.07) is 11.5. The Labute approximate surface area is 192 Å². The van der Waals surface area contributed by atoms with Gasteiger partial charge in [-0.05, 0) is 12.1 Å². The lowest BCUT2D eigenvalue weighted by atomic mass is 10.2. The molecule has 0 amide bonds. The van der Waals surface area contributed by atoms with Crippen molar-refractivity contribution in [2.24, 2.45) is 10.2 Å². The van der Waals surface area contributed by atoms with Crippen LogP contribution in [0.25, 0.3) is 11.0 Å². The number of fused-ring (bicyclic) bond motifs is 1. The predicted octanol–water partition coefficient (Wildman–Crippen LogP) is 3.05. The van der Waals surface area contributed by atoms with Crippen molar-refractivity contribution in [1.29, 1.82) is 0 Å². The van der Waals surface area contributed by atoms with E-state index < -0.39 is 0 Å². The lowest BCUT2D eigenvalue weighted by Crippen LogP contribution is -2.38. The molecule has 1 aromatic carbocycles. The van der Waals surface area contributed by atoms with Crippen molar-refractivity contribution in [2.45, 2.75) is 6.54 Å². The van der Waals surface area contributed by atoms with Crippen LogP contribution >= 0.6 is 0 Å². The Bertz CT molecular complexity index is 1080. The number of benzene rings is 1. The fourth-order valence-corrected chi connectivity index (χ4v) is 3.91. The first-order chi connectivity index (χ1) is 16.3. The molecule has 0 bridgehead atoms. The highest BCUT2D eigenvalue weighted by Crippen LogP contribution is 2.27. The van der Waals surface area contributed by atoms with Gasteiger partial charge in [0, 0.05) is 50.2 Å². The van der Waals surface area contributed by atoms with Crippen molar-refractivity contribution in [3.05, 3.63) is 42.1 Å². The molecule has 0 atom stereocenters. The van der Waals surface area contributed by atoms with E-state index in [0.29, 0.717) is 32.2 Å². The largest absolute Gasteiger partial charge is 0.492 e. The van der Waals surface area contributed by atoms with E-state index in [0.717, 1.165) is 74.2 Å². The van der Waals surface area contributed by atoms with E-state index in [4.69, 9.17) is 23.7 Å². The van der Waals surface area contributed by atoms with Gasteiger partial charge in [0.15, 0.2) is 11.4 Å². The molecule has 0 radical (unpaired) electrons. The summed E-state index contributed by atoms with van der Waals surface area (Å²) in [5.41, 5.74) is 1.49. The minimum atomic E-state index is 0.313. The van der Waals surface area contributed by atoms with Gasteiger partial charge in [-0.3, -0.25) is 4.90 Å². The fraction of sp³-hybridized carbons (Fsp3) is 0.478. The van der Waals surface area contributed by atoms with E-state index >= 15 is 0 Å². The number of hydrogen-bond donors (Lipinski definition) is 0. The summed E-state index contributed by atoms with van der Waals surface area (Å²) in [6.45, 7) is 8.13. The van der Waals surface area contributed by atoms with Gasteiger partial charge in [0.25, 0.3) is 0 Å². The number of anilines is 1. The third-order valence-corrected chi connectivity index (χ3v) is 5.73. The molecule has 33 heavy (non-hydrogen) atoms. The first-order valence-corrected chi connectivity index (χ1v) is 11.3. The Morgan fingerprint density at radius 3 is 2.61 bits per heavy atom. The van der Waals surface area contributed by atoms with Crippen molar-refractivity contribution in [1.82, 2.24) is 15.0 Å². The smallest absolute Gasteiger partial charge is 0.179 e. The van der Waals surface area contributed by atoms with Crippen LogP contribution in [-0.2, 0) is 16.0 Å². The van der Waals surface area contributed by atoms with Gasteiger partial charge in [-0.1, -0.05) is 17.3 Å². The summed E-state index contributed by atoms with van der Waals surface area (Å²) >= 11 is 0. The van der Waals surface area contributed by atoms with Gasteiger partial charge in [-0.15, -0.1) is 5.11 Å². The number of para-hydroxylation sites is 1. The first kappa shape index (κ1) is 21.7. The summed E-state index contributed by atoms with van der Waals surface area (Å²) in [5.74, 6) is 2.07. The molecule has 0 N–H and O–H groups in total. The molecule has 0 aliphatic carbocycles. The number of rotatable bonds is 8. The Hall–Kier alpha value is -3.08. The van der Waals surface area contributed by atoms with Gasteiger partial charge in [-0.25, -0.2) is 4.98 Å². The van der Waals surface area contributed by atoms with E-state index in [1.54, 1.807) is 0 Å². The van der Waals surface area contributed by atoms with Crippen LogP contribution in [0.15, 0.2) is 51.1 Å². The second-order valence-electron chi connectivity index (χ2n) is 7.95. The zero-order valence-corrected chi connectivity index (χ0v) is 18.6. The zero-order chi connectivity index (χ0) is 22.3. The van der Waals surface area contributed by atoms with E-state index in [2.05, 4.69) is 25.2 Å². The van der Waals surface area contributed by atoms with Crippen LogP contribution in [0.5, 0.6) is 5.75 Å². The Morgan fingerprint density at radius 1 is 0.970 bits per heavy atom. The normalized spacial score (nSPS) is 17.8. The van der Waals surface area contributed by atoms with Gasteiger partial charge in [0.2, 0.25) is 0 Å². The standard InChI is InChI=1S/C23H28N6O4/c1-2-4-21-19(3-1)20(27-33-21)17-24-26-22-15-18(32-14-7-28-5-10-30-11-6-28)16-23(25-22)29-8-12-31-13-9-29/h1-4,15-16H,5-14,17H2. The first-order valence-electron chi connectivity index (χ1n) is 11.3. The monoisotopic (exact) mass is 452 g/mol. The van der Waals surface area contributed by atoms with Crippen LogP contribution in [0.2, 0.25) is 0 Å². The highest BCUT2D eigenvalue weighted by molar-refractivity contribution is 5.79. The van der Waals surface area contributed by atoms with Gasteiger partial charge in [0.1, 0.15) is 30.4 Å². The number of hydrogen-bond acceptors (Lipinski definition) is 10. The van der Waals surface area contributed by atoms with E-state index in [-0.39, 0.29) is 0 Å². The molecule has 2 aromatic heterocycles. The van der Waals surface area contributed by atoms with E-state index in [1.807, 2.05) is 36.4 Å². The molecule has 4 heterocycles. The maximum atomic E-state index is 6.08. The van der Waals surface area contributed by atoms with Crippen molar-refractivity contribution in [3.63, 3.8) is 0 Å². The van der Waals surface area contributed by atoms with Crippen LogP contribution in [-0.4, -0.2) is 80.8 Å². The van der Waals surface area contributed by atoms with Crippen LogP contribution in [0.4, 0.5) is 11.6 Å². The van der Waals surface area contributed by atoms with Gasteiger partial charge >= 0.3 is 0 Å². The highest BCUT2D eigenvalue weighted by atomic mass is 16.5. The maximum absolute atomic E-state index is 6.08. The average Bonchev–Trinajstić information content (AvgIpc) is 3.28. The summed E-state index contributed by atoms with van der Waals surface area (Å²) in [5, 5.41) is 13.8. The lowest BCUT2D eigenvalue weighted by Gasteiger charge is -2.28. The molecule has 3 aromatic rings. The Kier molecular flexibility index (Phi) is 7.05. The highest BCUT2D eigenvalue weighted by Gasteiger charge is 2.16. The molecule has 0 spiro atoms.